The molecule has 194 valence electrons. The second kappa shape index (κ2) is 12.4. The number of azo groups is 1. The van der Waals surface area contributed by atoms with Crippen LogP contribution in [0.1, 0.15) is 50.7 Å². The third-order valence-electron chi connectivity index (χ3n) is 6.22. The van der Waals surface area contributed by atoms with E-state index in [0.29, 0.717) is 17.9 Å². The number of rotatable bonds is 11. The summed E-state index contributed by atoms with van der Waals surface area (Å²) >= 11 is 0. The number of aromatic hydroxyl groups is 1. The summed E-state index contributed by atoms with van der Waals surface area (Å²) in [5, 5.41) is 28.3. The second-order valence-corrected chi connectivity index (χ2v) is 10.5. The van der Waals surface area contributed by atoms with Crippen LogP contribution in [0, 0.1) is 24.2 Å². The number of unbranched alkanes of at least 4 members (excludes halogenated alkanes) is 1. The van der Waals surface area contributed by atoms with Crippen molar-refractivity contribution < 1.29 is 13.5 Å². The summed E-state index contributed by atoms with van der Waals surface area (Å²) in [6, 6.07) is 16.2. The molecule has 0 saturated heterocycles. The van der Waals surface area contributed by atoms with E-state index in [1.807, 2.05) is 6.07 Å². The van der Waals surface area contributed by atoms with Gasteiger partial charge in [-0.15, -0.1) is 5.11 Å². The molecular weight excluding hydrogens is 490 g/mol. The van der Waals surface area contributed by atoms with Crippen molar-refractivity contribution in [3.63, 3.8) is 0 Å². The Morgan fingerprint density at radius 2 is 1.76 bits per heavy atom. The Morgan fingerprint density at radius 3 is 2.35 bits per heavy atom. The van der Waals surface area contributed by atoms with Gasteiger partial charge in [0.2, 0.25) is 15.9 Å². The zero-order chi connectivity index (χ0) is 27.0. The Labute approximate surface area is 217 Å². The van der Waals surface area contributed by atoms with Crippen LogP contribution < -0.4 is 10.3 Å². The summed E-state index contributed by atoms with van der Waals surface area (Å²) in [6.45, 7) is 6.06. The zero-order valence-corrected chi connectivity index (χ0v) is 22.0. The fraction of sp³-hybridized carbons (Fsp3) is 0.333. The third kappa shape index (κ3) is 6.50. The first-order valence-corrected chi connectivity index (χ1v) is 13.7. The van der Waals surface area contributed by atoms with Gasteiger partial charge in [-0.2, -0.15) is 10.4 Å². The molecular formula is C27H31N5O4S. The van der Waals surface area contributed by atoms with Gasteiger partial charge < -0.3 is 5.11 Å². The topological polar surface area (TPSA) is 137 Å². The average molecular weight is 522 g/mol. The number of nitrogens with one attached hydrogen (secondary N) is 1. The first-order chi connectivity index (χ1) is 17.7. The summed E-state index contributed by atoms with van der Waals surface area (Å²) in [5.74, 6) is -0.188. The van der Waals surface area contributed by atoms with Gasteiger partial charge in [0.1, 0.15) is 11.6 Å². The van der Waals surface area contributed by atoms with Gasteiger partial charge in [0.15, 0.2) is 5.69 Å². The van der Waals surface area contributed by atoms with Crippen molar-refractivity contribution >= 4 is 21.4 Å². The van der Waals surface area contributed by atoms with Crippen molar-refractivity contribution in [3.05, 3.63) is 76.1 Å². The van der Waals surface area contributed by atoms with Crippen LogP contribution >= 0.6 is 0 Å². The maximum absolute atomic E-state index is 13.2. The van der Waals surface area contributed by atoms with E-state index in [2.05, 4.69) is 28.8 Å². The first kappa shape index (κ1) is 27.8. The van der Waals surface area contributed by atoms with Crippen LogP contribution in [0.2, 0.25) is 0 Å². The number of nitrogens with zero attached hydrogens (tertiary/aromatic N) is 4. The van der Waals surface area contributed by atoms with Crippen LogP contribution in [0.5, 0.6) is 5.88 Å². The first-order valence-electron chi connectivity index (χ1n) is 12.2. The third-order valence-corrected chi connectivity index (χ3v) is 7.65. The molecule has 1 aromatic heterocycles. The Bertz CT molecular complexity index is 1460. The summed E-state index contributed by atoms with van der Waals surface area (Å²) in [5.41, 5.74) is 0.0623. The lowest BCUT2D eigenvalue weighted by Crippen LogP contribution is -2.29. The summed E-state index contributed by atoms with van der Waals surface area (Å²) < 4.78 is 29.1. The predicted molar refractivity (Wildman–Crippen MR) is 142 cm³/mol. The minimum atomic E-state index is -3.68. The number of nitriles is 1. The Balaban J connectivity index is 1.87. The smallest absolute Gasteiger partial charge is 0.286 e. The van der Waals surface area contributed by atoms with Gasteiger partial charge in [-0.1, -0.05) is 51.3 Å². The molecule has 1 atom stereocenters. The maximum atomic E-state index is 13.2. The minimum Gasteiger partial charge on any atom is -0.493 e. The van der Waals surface area contributed by atoms with Crippen molar-refractivity contribution in [2.45, 2.75) is 51.3 Å². The second-order valence-electron chi connectivity index (χ2n) is 8.72. The van der Waals surface area contributed by atoms with Gasteiger partial charge in [0.05, 0.1) is 16.3 Å². The fourth-order valence-corrected chi connectivity index (χ4v) is 5.00. The van der Waals surface area contributed by atoms with Gasteiger partial charge in [-0.3, -0.25) is 4.79 Å². The van der Waals surface area contributed by atoms with Gasteiger partial charge in [-0.25, -0.2) is 17.7 Å². The summed E-state index contributed by atoms with van der Waals surface area (Å²) in [4.78, 5) is 13.3. The monoisotopic (exact) mass is 521 g/mol. The van der Waals surface area contributed by atoms with Crippen LogP contribution in [0.25, 0.3) is 5.69 Å². The maximum Gasteiger partial charge on any atom is 0.286 e. The highest BCUT2D eigenvalue weighted by Gasteiger charge is 2.20. The molecule has 0 aliphatic heterocycles. The molecule has 3 rings (SSSR count). The molecule has 0 radical (unpaired) electrons. The number of para-hydroxylation sites is 1. The van der Waals surface area contributed by atoms with Crippen LogP contribution in [-0.4, -0.2) is 24.6 Å². The summed E-state index contributed by atoms with van der Waals surface area (Å²) in [6.07, 6.45) is 4.01. The molecule has 2 N–H and O–H groups in total. The molecule has 1 heterocycles. The number of aromatic nitrogens is 1. The quantitative estimate of drug-likeness (QED) is 0.315. The highest BCUT2D eigenvalue weighted by atomic mass is 32.2. The number of sulfonamides is 1. The Kier molecular flexibility index (Phi) is 9.33. The molecule has 1 unspecified atom stereocenters. The van der Waals surface area contributed by atoms with Gasteiger partial charge in [0, 0.05) is 12.1 Å². The van der Waals surface area contributed by atoms with E-state index in [0.717, 1.165) is 30.3 Å². The number of pyridine rings is 1. The molecule has 3 aromatic rings. The van der Waals surface area contributed by atoms with Crippen molar-refractivity contribution in [1.82, 2.24) is 9.29 Å². The van der Waals surface area contributed by atoms with E-state index in [9.17, 15) is 23.6 Å². The molecule has 0 amide bonds. The molecule has 37 heavy (non-hydrogen) atoms. The molecule has 0 aliphatic rings. The van der Waals surface area contributed by atoms with Crippen LogP contribution in [0.4, 0.5) is 11.4 Å². The molecule has 0 aliphatic carbocycles. The SMILES string of the molecule is CCCCC(CC)CNS(=O)(=O)c1ccc(N=Nc2c(C)c(C#N)c(O)n(-c3ccccc3)c2=O)cc1. The van der Waals surface area contributed by atoms with Crippen LogP contribution in [0.15, 0.2) is 74.5 Å². The Morgan fingerprint density at radius 1 is 1.08 bits per heavy atom. The molecule has 2 aromatic carbocycles. The lowest BCUT2D eigenvalue weighted by Gasteiger charge is -2.15. The van der Waals surface area contributed by atoms with Crippen LogP contribution in [0.3, 0.4) is 0 Å². The van der Waals surface area contributed by atoms with Gasteiger partial charge >= 0.3 is 0 Å². The number of hydrogen-bond donors (Lipinski definition) is 2. The molecule has 10 heteroatoms. The van der Waals surface area contributed by atoms with Gasteiger partial charge in [0.25, 0.3) is 5.56 Å². The predicted octanol–water partition coefficient (Wildman–Crippen LogP) is 5.63. The molecule has 0 bridgehead atoms. The highest BCUT2D eigenvalue weighted by molar-refractivity contribution is 7.89. The molecule has 0 saturated carbocycles. The minimum absolute atomic E-state index is 0.0887. The summed E-state index contributed by atoms with van der Waals surface area (Å²) in [7, 11) is -3.68. The van der Waals surface area contributed by atoms with E-state index in [1.165, 1.54) is 31.2 Å². The van der Waals surface area contributed by atoms with E-state index in [1.54, 1.807) is 30.3 Å². The largest absolute Gasteiger partial charge is 0.493 e. The molecule has 0 fully saturated rings. The van der Waals surface area contributed by atoms with E-state index in [4.69, 9.17) is 0 Å². The van der Waals surface area contributed by atoms with Crippen molar-refractivity contribution in [2.75, 3.05) is 6.54 Å². The highest BCUT2D eigenvalue weighted by Crippen LogP contribution is 2.29. The molecule has 9 nitrogen and oxygen atoms in total. The van der Waals surface area contributed by atoms with Crippen molar-refractivity contribution in [2.24, 2.45) is 16.1 Å². The lowest BCUT2D eigenvalue weighted by molar-refractivity contribution is 0.433. The van der Waals surface area contributed by atoms with Crippen molar-refractivity contribution in [1.29, 1.82) is 5.26 Å². The normalized spacial score (nSPS) is 12.5. The van der Waals surface area contributed by atoms with E-state index < -0.39 is 21.5 Å². The fourth-order valence-electron chi connectivity index (χ4n) is 3.88. The van der Waals surface area contributed by atoms with E-state index >= 15 is 0 Å². The number of hydrogen-bond acceptors (Lipinski definition) is 7. The van der Waals surface area contributed by atoms with Crippen LogP contribution in [-0.2, 0) is 10.0 Å². The standard InChI is InChI=1S/C27H31N5O4S/c1-4-6-10-20(5-2)18-29-37(35,36)23-15-13-21(14-16-23)30-31-25-19(3)24(17-28)26(33)32(27(25)34)22-11-8-7-9-12-22/h7-9,11-16,20,29,33H,4-6,10,18H2,1-3H3. The van der Waals surface area contributed by atoms with E-state index in [-0.39, 0.29) is 27.6 Å². The number of benzene rings is 2. The Hall–Kier alpha value is -3.81. The molecule has 0 spiro atoms. The lowest BCUT2D eigenvalue weighted by atomic mass is 10.00. The zero-order valence-electron chi connectivity index (χ0n) is 21.2. The van der Waals surface area contributed by atoms with Crippen molar-refractivity contribution in [3.8, 4) is 17.6 Å². The average Bonchev–Trinajstić information content (AvgIpc) is 2.90. The van der Waals surface area contributed by atoms with Gasteiger partial charge in [-0.05, 0) is 55.7 Å².